The minimum Gasteiger partial charge on any atom is -0.316 e. The molecule has 96 valence electrons. The summed E-state index contributed by atoms with van der Waals surface area (Å²) < 4.78 is 0. The molecule has 2 rings (SSSR count). The van der Waals surface area contributed by atoms with Gasteiger partial charge in [-0.05, 0) is 50.0 Å². The second-order valence-electron chi connectivity index (χ2n) is 4.33. The average Bonchev–Trinajstić information content (AvgIpc) is 2.33. The van der Waals surface area contributed by atoms with Gasteiger partial charge in [-0.15, -0.1) is 12.4 Å². The van der Waals surface area contributed by atoms with E-state index in [2.05, 4.69) is 15.6 Å². The van der Waals surface area contributed by atoms with Crippen molar-refractivity contribution in [3.8, 4) is 0 Å². The summed E-state index contributed by atoms with van der Waals surface area (Å²) in [6.45, 7) is 4.28. The van der Waals surface area contributed by atoms with E-state index >= 15 is 0 Å². The number of nitrogens with one attached hydrogen (secondary N) is 2. The maximum absolute atomic E-state index is 5.73. The maximum atomic E-state index is 5.73. The van der Waals surface area contributed by atoms with Gasteiger partial charge in [-0.3, -0.25) is 0 Å². The Bertz CT molecular complexity index is 310. The molecule has 1 aliphatic heterocycles. The van der Waals surface area contributed by atoms with Gasteiger partial charge in [-0.2, -0.15) is 0 Å². The Morgan fingerprint density at radius 1 is 1.47 bits per heavy atom. The quantitative estimate of drug-likeness (QED) is 0.828. The van der Waals surface area contributed by atoms with Crippen LogP contribution in [0.4, 0.5) is 0 Å². The van der Waals surface area contributed by atoms with Crippen molar-refractivity contribution in [2.75, 3.05) is 19.6 Å². The topological polar surface area (TPSA) is 37.0 Å². The molecular weight excluding hydrogens is 257 g/mol. The summed E-state index contributed by atoms with van der Waals surface area (Å²) >= 11 is 5.73. The van der Waals surface area contributed by atoms with Crippen molar-refractivity contribution < 1.29 is 0 Å². The Kier molecular flexibility index (Phi) is 6.82. The fourth-order valence-electron chi connectivity index (χ4n) is 2.03. The Morgan fingerprint density at radius 2 is 2.35 bits per heavy atom. The van der Waals surface area contributed by atoms with Crippen molar-refractivity contribution in [1.82, 2.24) is 15.6 Å². The summed E-state index contributed by atoms with van der Waals surface area (Å²) in [5.41, 5.74) is 1.19. The second kappa shape index (κ2) is 7.88. The molecule has 17 heavy (non-hydrogen) atoms. The highest BCUT2D eigenvalue weighted by atomic mass is 35.5. The number of rotatable bonds is 4. The lowest BCUT2D eigenvalue weighted by Crippen LogP contribution is -2.35. The van der Waals surface area contributed by atoms with E-state index in [9.17, 15) is 0 Å². The van der Waals surface area contributed by atoms with Gasteiger partial charge < -0.3 is 10.6 Å². The minimum atomic E-state index is 0. The Hall–Kier alpha value is -0.350. The summed E-state index contributed by atoms with van der Waals surface area (Å²) in [5.74, 6) is 0.772. The molecule has 0 aliphatic carbocycles. The third-order valence-electron chi connectivity index (χ3n) is 2.95. The summed E-state index contributed by atoms with van der Waals surface area (Å²) in [6.07, 6.45) is 4.46. The summed E-state index contributed by atoms with van der Waals surface area (Å²) in [4.78, 5) is 4.06. The van der Waals surface area contributed by atoms with Gasteiger partial charge in [0, 0.05) is 12.7 Å². The molecule has 1 aromatic heterocycles. The Labute approximate surface area is 114 Å². The Balaban J connectivity index is 0.00000144. The number of aromatic nitrogens is 1. The highest BCUT2D eigenvalue weighted by molar-refractivity contribution is 6.29. The highest BCUT2D eigenvalue weighted by Gasteiger charge is 2.11. The van der Waals surface area contributed by atoms with Crippen molar-refractivity contribution in [3.05, 3.63) is 29.0 Å². The lowest BCUT2D eigenvalue weighted by atomic mass is 10.00. The summed E-state index contributed by atoms with van der Waals surface area (Å²) in [5, 5.41) is 7.44. The predicted octanol–water partition coefficient (Wildman–Crippen LogP) is 2.25. The zero-order chi connectivity index (χ0) is 11.2. The molecule has 1 saturated heterocycles. The molecule has 1 aromatic rings. The van der Waals surface area contributed by atoms with Crippen LogP contribution in [-0.4, -0.2) is 24.6 Å². The van der Waals surface area contributed by atoms with Gasteiger partial charge >= 0.3 is 0 Å². The number of pyridine rings is 1. The van der Waals surface area contributed by atoms with Crippen LogP contribution in [0.2, 0.25) is 5.15 Å². The van der Waals surface area contributed by atoms with Gasteiger partial charge in [0.1, 0.15) is 5.15 Å². The van der Waals surface area contributed by atoms with E-state index in [1.165, 1.54) is 24.9 Å². The van der Waals surface area contributed by atoms with Crippen molar-refractivity contribution in [2.24, 2.45) is 5.92 Å². The standard InChI is InChI=1S/C12H18ClN3.ClH/c13-12-4-3-11(9-16-12)8-15-7-10-2-1-5-14-6-10;/h3-4,9-10,14-15H,1-2,5-8H2;1H. The van der Waals surface area contributed by atoms with Crippen molar-refractivity contribution in [1.29, 1.82) is 0 Å². The molecule has 2 heterocycles. The van der Waals surface area contributed by atoms with Gasteiger partial charge in [-0.1, -0.05) is 17.7 Å². The molecule has 0 radical (unpaired) electrons. The van der Waals surface area contributed by atoms with Gasteiger partial charge in [0.2, 0.25) is 0 Å². The van der Waals surface area contributed by atoms with E-state index < -0.39 is 0 Å². The molecule has 3 nitrogen and oxygen atoms in total. The smallest absolute Gasteiger partial charge is 0.129 e. The van der Waals surface area contributed by atoms with Crippen molar-refractivity contribution in [2.45, 2.75) is 19.4 Å². The predicted molar refractivity (Wildman–Crippen MR) is 73.8 cm³/mol. The number of piperidine rings is 1. The Morgan fingerprint density at radius 3 is 3.00 bits per heavy atom. The first-order chi connectivity index (χ1) is 7.84. The summed E-state index contributed by atoms with van der Waals surface area (Å²) in [7, 11) is 0. The first-order valence-electron chi connectivity index (χ1n) is 5.86. The van der Waals surface area contributed by atoms with Gasteiger partial charge in [0.05, 0.1) is 0 Å². The van der Waals surface area contributed by atoms with E-state index in [1.807, 2.05) is 18.3 Å². The first kappa shape index (κ1) is 14.7. The number of halogens is 2. The fraction of sp³-hybridized carbons (Fsp3) is 0.583. The summed E-state index contributed by atoms with van der Waals surface area (Å²) in [6, 6.07) is 3.85. The minimum absolute atomic E-state index is 0. The number of nitrogens with zero attached hydrogens (tertiary/aromatic N) is 1. The maximum Gasteiger partial charge on any atom is 0.129 e. The molecule has 0 aromatic carbocycles. The van der Waals surface area contributed by atoms with Gasteiger partial charge in [-0.25, -0.2) is 4.98 Å². The second-order valence-corrected chi connectivity index (χ2v) is 4.72. The van der Waals surface area contributed by atoms with Crippen LogP contribution < -0.4 is 10.6 Å². The monoisotopic (exact) mass is 275 g/mol. The van der Waals surface area contributed by atoms with Crippen LogP contribution >= 0.6 is 24.0 Å². The zero-order valence-corrected chi connectivity index (χ0v) is 11.4. The van der Waals surface area contributed by atoms with E-state index in [4.69, 9.17) is 11.6 Å². The lowest BCUT2D eigenvalue weighted by Gasteiger charge is -2.22. The SMILES string of the molecule is Cl.Clc1ccc(CNCC2CCCNC2)cn1. The molecule has 0 saturated carbocycles. The molecule has 1 atom stereocenters. The molecule has 1 unspecified atom stereocenters. The first-order valence-corrected chi connectivity index (χ1v) is 6.24. The van der Waals surface area contributed by atoms with Crippen LogP contribution in [0.15, 0.2) is 18.3 Å². The molecule has 5 heteroatoms. The number of hydrogen-bond donors (Lipinski definition) is 2. The molecule has 0 bridgehead atoms. The average molecular weight is 276 g/mol. The van der Waals surface area contributed by atoms with Crippen molar-refractivity contribution in [3.63, 3.8) is 0 Å². The molecule has 1 fully saturated rings. The van der Waals surface area contributed by atoms with Crippen LogP contribution in [0.5, 0.6) is 0 Å². The molecule has 0 amide bonds. The van der Waals surface area contributed by atoms with Crippen LogP contribution in [0.1, 0.15) is 18.4 Å². The molecular formula is C12H19Cl2N3. The van der Waals surface area contributed by atoms with Crippen LogP contribution in [0, 0.1) is 5.92 Å². The zero-order valence-electron chi connectivity index (χ0n) is 9.79. The van der Waals surface area contributed by atoms with Crippen LogP contribution in [0.3, 0.4) is 0 Å². The van der Waals surface area contributed by atoms with Crippen molar-refractivity contribution >= 4 is 24.0 Å². The third kappa shape index (κ3) is 5.21. The third-order valence-corrected chi connectivity index (χ3v) is 3.17. The fourth-order valence-corrected chi connectivity index (χ4v) is 2.14. The van der Waals surface area contributed by atoms with E-state index in [1.54, 1.807) is 0 Å². The van der Waals surface area contributed by atoms with Crippen LogP contribution in [0.25, 0.3) is 0 Å². The van der Waals surface area contributed by atoms with E-state index in [0.717, 1.165) is 25.6 Å². The number of hydrogen-bond acceptors (Lipinski definition) is 3. The molecule has 2 N–H and O–H groups in total. The van der Waals surface area contributed by atoms with E-state index in [0.29, 0.717) is 5.15 Å². The lowest BCUT2D eigenvalue weighted by molar-refractivity contribution is 0.360. The van der Waals surface area contributed by atoms with E-state index in [-0.39, 0.29) is 12.4 Å². The molecule has 1 aliphatic rings. The van der Waals surface area contributed by atoms with Gasteiger partial charge in [0.25, 0.3) is 0 Å². The van der Waals surface area contributed by atoms with Gasteiger partial charge in [0.15, 0.2) is 0 Å². The largest absolute Gasteiger partial charge is 0.316 e. The normalized spacial score (nSPS) is 19.7. The highest BCUT2D eigenvalue weighted by Crippen LogP contribution is 2.09. The molecule has 0 spiro atoms. The van der Waals surface area contributed by atoms with Crippen LogP contribution in [-0.2, 0) is 6.54 Å².